The smallest absolute Gasteiger partial charge is 0.173 e. The third-order valence-electron chi connectivity index (χ3n) is 2.56. The predicted octanol–water partition coefficient (Wildman–Crippen LogP) is 3.05. The van der Waals surface area contributed by atoms with Crippen LogP contribution >= 0.6 is 11.3 Å². The van der Waals surface area contributed by atoms with Crippen molar-refractivity contribution in [3.63, 3.8) is 0 Å². The summed E-state index contributed by atoms with van der Waals surface area (Å²) < 4.78 is 2.14. The van der Waals surface area contributed by atoms with Crippen molar-refractivity contribution in [2.45, 2.75) is 26.8 Å². The maximum absolute atomic E-state index is 4.17. The first-order chi connectivity index (χ1) is 7.31. The molecular formula is C11H15N3S. The van der Waals surface area contributed by atoms with Gasteiger partial charge in [0.15, 0.2) is 5.82 Å². The maximum Gasteiger partial charge on any atom is 0.173 e. The maximum atomic E-state index is 4.17. The van der Waals surface area contributed by atoms with E-state index in [1.807, 2.05) is 12.4 Å². The molecule has 3 nitrogen and oxygen atoms in total. The van der Waals surface area contributed by atoms with Crippen molar-refractivity contribution in [1.29, 1.82) is 0 Å². The van der Waals surface area contributed by atoms with Gasteiger partial charge in [-0.15, -0.1) is 21.5 Å². The lowest BCUT2D eigenvalue weighted by Crippen LogP contribution is -2.06. The zero-order chi connectivity index (χ0) is 10.7. The van der Waals surface area contributed by atoms with Gasteiger partial charge in [-0.2, -0.15) is 0 Å². The largest absolute Gasteiger partial charge is 0.313 e. The van der Waals surface area contributed by atoms with E-state index in [9.17, 15) is 0 Å². The Morgan fingerprint density at radius 3 is 3.07 bits per heavy atom. The standard InChI is InChI=1S/C11H15N3S/c1-3-9(2)7-14-8-12-13-11(14)10-5-4-6-15-10/h4-6,8-9H,3,7H2,1-2H3. The number of aromatic nitrogens is 3. The minimum Gasteiger partial charge on any atom is -0.313 e. The molecule has 2 aromatic rings. The molecule has 0 aliphatic carbocycles. The molecule has 1 atom stereocenters. The van der Waals surface area contributed by atoms with E-state index in [0.717, 1.165) is 12.4 Å². The molecule has 80 valence electrons. The zero-order valence-electron chi connectivity index (χ0n) is 9.05. The molecule has 0 N–H and O–H groups in total. The lowest BCUT2D eigenvalue weighted by molar-refractivity contribution is 0.470. The molecule has 0 aliphatic heterocycles. The molecule has 0 fully saturated rings. The molecule has 0 aliphatic rings. The summed E-state index contributed by atoms with van der Waals surface area (Å²) in [6.07, 6.45) is 3.00. The fourth-order valence-electron chi connectivity index (χ4n) is 1.45. The molecule has 15 heavy (non-hydrogen) atoms. The van der Waals surface area contributed by atoms with Crippen molar-refractivity contribution >= 4 is 11.3 Å². The molecule has 2 heterocycles. The molecule has 4 heteroatoms. The second-order valence-electron chi connectivity index (χ2n) is 3.80. The molecular weight excluding hydrogens is 206 g/mol. The van der Waals surface area contributed by atoms with Crippen LogP contribution in [0.4, 0.5) is 0 Å². The van der Waals surface area contributed by atoms with Crippen LogP contribution in [0.2, 0.25) is 0 Å². The van der Waals surface area contributed by atoms with Crippen LogP contribution in [0.3, 0.4) is 0 Å². The van der Waals surface area contributed by atoms with Gasteiger partial charge in [-0.25, -0.2) is 0 Å². The SMILES string of the molecule is CCC(C)Cn1cnnc1-c1cccs1. The molecule has 0 radical (unpaired) electrons. The summed E-state index contributed by atoms with van der Waals surface area (Å²) >= 11 is 1.71. The monoisotopic (exact) mass is 221 g/mol. The highest BCUT2D eigenvalue weighted by Crippen LogP contribution is 2.23. The van der Waals surface area contributed by atoms with Crippen molar-refractivity contribution in [1.82, 2.24) is 14.8 Å². The Morgan fingerprint density at radius 1 is 1.53 bits per heavy atom. The van der Waals surface area contributed by atoms with E-state index >= 15 is 0 Å². The summed E-state index contributed by atoms with van der Waals surface area (Å²) in [6.45, 7) is 5.45. The number of thiophene rings is 1. The third-order valence-corrected chi connectivity index (χ3v) is 3.43. The number of nitrogens with zero attached hydrogens (tertiary/aromatic N) is 3. The third kappa shape index (κ3) is 2.26. The molecule has 2 aromatic heterocycles. The molecule has 0 saturated carbocycles. The van der Waals surface area contributed by atoms with Crippen LogP contribution in [0.5, 0.6) is 0 Å². The van der Waals surface area contributed by atoms with Crippen molar-refractivity contribution in [2.75, 3.05) is 0 Å². The molecule has 0 spiro atoms. The van der Waals surface area contributed by atoms with E-state index < -0.39 is 0 Å². The summed E-state index contributed by atoms with van der Waals surface area (Å²) in [4.78, 5) is 1.19. The first kappa shape index (κ1) is 10.4. The quantitative estimate of drug-likeness (QED) is 0.794. The van der Waals surface area contributed by atoms with E-state index in [0.29, 0.717) is 5.92 Å². The lowest BCUT2D eigenvalue weighted by atomic mass is 10.1. The highest BCUT2D eigenvalue weighted by Gasteiger charge is 2.09. The van der Waals surface area contributed by atoms with Gasteiger partial charge >= 0.3 is 0 Å². The molecule has 0 aromatic carbocycles. The average Bonchev–Trinajstić information content (AvgIpc) is 2.86. The van der Waals surface area contributed by atoms with Crippen LogP contribution < -0.4 is 0 Å². The van der Waals surface area contributed by atoms with Gasteiger partial charge in [0.2, 0.25) is 0 Å². The summed E-state index contributed by atoms with van der Waals surface area (Å²) in [5, 5.41) is 10.2. The molecule has 0 bridgehead atoms. The Kier molecular flexibility index (Phi) is 3.16. The van der Waals surface area contributed by atoms with E-state index in [1.165, 1.54) is 11.3 Å². The van der Waals surface area contributed by atoms with Gasteiger partial charge in [0.25, 0.3) is 0 Å². The Labute approximate surface area is 93.8 Å². The topological polar surface area (TPSA) is 30.7 Å². The highest BCUT2D eigenvalue weighted by atomic mass is 32.1. The molecule has 0 saturated heterocycles. The number of hydrogen-bond donors (Lipinski definition) is 0. The summed E-state index contributed by atoms with van der Waals surface area (Å²) in [6, 6.07) is 4.13. The van der Waals surface area contributed by atoms with Crippen molar-refractivity contribution in [2.24, 2.45) is 5.92 Å². The average molecular weight is 221 g/mol. The van der Waals surface area contributed by atoms with E-state index in [1.54, 1.807) is 11.3 Å². The number of hydrogen-bond acceptors (Lipinski definition) is 3. The van der Waals surface area contributed by atoms with Crippen LogP contribution in [-0.2, 0) is 6.54 Å². The highest BCUT2D eigenvalue weighted by molar-refractivity contribution is 7.13. The second-order valence-corrected chi connectivity index (χ2v) is 4.75. The normalized spacial score (nSPS) is 12.9. The van der Waals surface area contributed by atoms with Gasteiger partial charge in [-0.1, -0.05) is 26.3 Å². The fourth-order valence-corrected chi connectivity index (χ4v) is 2.17. The zero-order valence-corrected chi connectivity index (χ0v) is 9.87. The van der Waals surface area contributed by atoms with Crippen molar-refractivity contribution in [3.05, 3.63) is 23.8 Å². The van der Waals surface area contributed by atoms with Crippen LogP contribution in [0.25, 0.3) is 10.7 Å². The Balaban J connectivity index is 2.23. The van der Waals surface area contributed by atoms with Crippen LogP contribution in [0, 0.1) is 5.92 Å². The van der Waals surface area contributed by atoms with Crippen molar-refractivity contribution in [3.8, 4) is 10.7 Å². The fraction of sp³-hybridized carbons (Fsp3) is 0.455. The minimum atomic E-state index is 0.666. The summed E-state index contributed by atoms with van der Waals surface area (Å²) in [7, 11) is 0. The number of rotatable bonds is 4. The van der Waals surface area contributed by atoms with Gasteiger partial charge < -0.3 is 4.57 Å². The van der Waals surface area contributed by atoms with Gasteiger partial charge in [0.1, 0.15) is 6.33 Å². The second kappa shape index (κ2) is 4.57. The minimum absolute atomic E-state index is 0.666. The predicted molar refractivity (Wildman–Crippen MR) is 62.8 cm³/mol. The summed E-state index contributed by atoms with van der Waals surface area (Å²) in [5.74, 6) is 1.66. The molecule has 2 rings (SSSR count). The first-order valence-corrected chi connectivity index (χ1v) is 6.11. The Bertz CT molecular complexity index is 405. The molecule has 0 amide bonds. The lowest BCUT2D eigenvalue weighted by Gasteiger charge is -2.10. The van der Waals surface area contributed by atoms with Gasteiger partial charge in [0, 0.05) is 6.54 Å². The first-order valence-electron chi connectivity index (χ1n) is 5.23. The van der Waals surface area contributed by atoms with Crippen molar-refractivity contribution < 1.29 is 0 Å². The van der Waals surface area contributed by atoms with Crippen LogP contribution in [0.1, 0.15) is 20.3 Å². The van der Waals surface area contributed by atoms with E-state index in [4.69, 9.17) is 0 Å². The van der Waals surface area contributed by atoms with Gasteiger partial charge in [-0.05, 0) is 17.4 Å². The Morgan fingerprint density at radius 2 is 2.40 bits per heavy atom. The van der Waals surface area contributed by atoms with Gasteiger partial charge in [-0.3, -0.25) is 0 Å². The van der Waals surface area contributed by atoms with E-state index in [2.05, 4.69) is 40.1 Å². The van der Waals surface area contributed by atoms with Crippen LogP contribution in [0.15, 0.2) is 23.8 Å². The Hall–Kier alpha value is -1.16. The van der Waals surface area contributed by atoms with Crippen LogP contribution in [-0.4, -0.2) is 14.8 Å². The van der Waals surface area contributed by atoms with E-state index in [-0.39, 0.29) is 0 Å². The van der Waals surface area contributed by atoms with Gasteiger partial charge in [0.05, 0.1) is 4.88 Å². The summed E-state index contributed by atoms with van der Waals surface area (Å²) in [5.41, 5.74) is 0. The molecule has 1 unspecified atom stereocenters.